The minimum absolute atomic E-state index is 0.0205. The van der Waals surface area contributed by atoms with E-state index in [0.717, 1.165) is 37.5 Å². The summed E-state index contributed by atoms with van der Waals surface area (Å²) in [5.74, 6) is 0.986. The van der Waals surface area contributed by atoms with Gasteiger partial charge in [-0.15, -0.1) is 0 Å². The Hall–Kier alpha value is -2.16. The van der Waals surface area contributed by atoms with Crippen LogP contribution in [0.3, 0.4) is 0 Å². The summed E-state index contributed by atoms with van der Waals surface area (Å²) in [6.07, 6.45) is 16.5. The SMILES string of the molecule is CCCC1CCC(c2ccc(C3CCC(/C=C/c4ccc(OCC)c(F)c4F)CC3)cc2)CC1. The van der Waals surface area contributed by atoms with Crippen LogP contribution in [0.1, 0.15) is 107 Å². The fourth-order valence-electron chi connectivity index (χ4n) is 6.06. The Morgan fingerprint density at radius 1 is 0.765 bits per heavy atom. The number of halogens is 2. The van der Waals surface area contributed by atoms with Gasteiger partial charge in [-0.25, -0.2) is 4.39 Å². The second kappa shape index (κ2) is 12.0. The quantitative estimate of drug-likeness (QED) is 0.376. The molecule has 0 unspecified atom stereocenters. The van der Waals surface area contributed by atoms with E-state index < -0.39 is 11.6 Å². The maximum Gasteiger partial charge on any atom is 0.201 e. The minimum Gasteiger partial charge on any atom is -0.491 e. The normalized spacial score (nSPS) is 25.5. The first-order chi connectivity index (χ1) is 16.6. The van der Waals surface area contributed by atoms with Gasteiger partial charge in [0.05, 0.1) is 6.61 Å². The van der Waals surface area contributed by atoms with E-state index in [1.807, 2.05) is 0 Å². The summed E-state index contributed by atoms with van der Waals surface area (Å²) in [6.45, 7) is 4.38. The second-order valence-electron chi connectivity index (χ2n) is 10.4. The van der Waals surface area contributed by atoms with Crippen LogP contribution in [0.4, 0.5) is 8.78 Å². The molecule has 0 amide bonds. The van der Waals surface area contributed by atoms with E-state index in [9.17, 15) is 8.78 Å². The van der Waals surface area contributed by atoms with E-state index in [1.165, 1.54) is 55.7 Å². The van der Waals surface area contributed by atoms with E-state index in [2.05, 4.69) is 37.3 Å². The predicted octanol–water partition coefficient (Wildman–Crippen LogP) is 9.42. The number of hydrogen-bond acceptors (Lipinski definition) is 1. The van der Waals surface area contributed by atoms with Crippen molar-refractivity contribution in [2.24, 2.45) is 11.8 Å². The molecule has 2 fully saturated rings. The van der Waals surface area contributed by atoms with Crippen molar-refractivity contribution >= 4 is 6.08 Å². The monoisotopic (exact) mass is 466 g/mol. The summed E-state index contributed by atoms with van der Waals surface area (Å²) in [4.78, 5) is 0. The summed E-state index contributed by atoms with van der Waals surface area (Å²) < 4.78 is 33.6. The van der Waals surface area contributed by atoms with Gasteiger partial charge in [0.15, 0.2) is 11.6 Å². The highest BCUT2D eigenvalue weighted by molar-refractivity contribution is 5.52. The molecule has 1 nitrogen and oxygen atoms in total. The molecular formula is C31H40F2O. The smallest absolute Gasteiger partial charge is 0.201 e. The molecule has 0 aliphatic heterocycles. The average Bonchev–Trinajstić information content (AvgIpc) is 2.88. The fourth-order valence-corrected chi connectivity index (χ4v) is 6.06. The van der Waals surface area contributed by atoms with E-state index >= 15 is 0 Å². The third kappa shape index (κ3) is 6.09. The highest BCUT2D eigenvalue weighted by Crippen LogP contribution is 2.40. The van der Waals surface area contributed by atoms with Gasteiger partial charge in [-0.1, -0.05) is 56.2 Å². The molecule has 4 rings (SSSR count). The third-order valence-corrected chi connectivity index (χ3v) is 8.12. The van der Waals surface area contributed by atoms with Crippen LogP contribution in [0.15, 0.2) is 42.5 Å². The summed E-state index contributed by atoms with van der Waals surface area (Å²) in [5, 5.41) is 0. The van der Waals surface area contributed by atoms with Crippen LogP contribution in [0.2, 0.25) is 0 Å². The maximum atomic E-state index is 14.3. The molecule has 0 heterocycles. The lowest BCUT2D eigenvalue weighted by atomic mass is 9.76. The Kier molecular flexibility index (Phi) is 8.80. The molecule has 2 aromatic rings. The van der Waals surface area contributed by atoms with Crippen LogP contribution >= 0.6 is 0 Å². The zero-order chi connectivity index (χ0) is 23.9. The van der Waals surface area contributed by atoms with Gasteiger partial charge in [0, 0.05) is 5.56 Å². The summed E-state index contributed by atoms with van der Waals surface area (Å²) in [6, 6.07) is 12.6. The fraction of sp³-hybridized carbons (Fsp3) is 0.548. The van der Waals surface area contributed by atoms with E-state index in [-0.39, 0.29) is 5.75 Å². The summed E-state index contributed by atoms with van der Waals surface area (Å²) in [5.41, 5.74) is 3.29. The predicted molar refractivity (Wildman–Crippen MR) is 137 cm³/mol. The largest absolute Gasteiger partial charge is 0.491 e. The van der Waals surface area contributed by atoms with Crippen molar-refractivity contribution in [1.82, 2.24) is 0 Å². The first kappa shape index (κ1) is 24.9. The number of ether oxygens (including phenoxy) is 1. The Bertz CT molecular complexity index is 933. The van der Waals surface area contributed by atoms with Crippen molar-refractivity contribution in [1.29, 1.82) is 0 Å². The maximum absolute atomic E-state index is 14.3. The van der Waals surface area contributed by atoms with E-state index in [4.69, 9.17) is 4.74 Å². The zero-order valence-electron chi connectivity index (χ0n) is 20.9. The molecule has 0 spiro atoms. The van der Waals surface area contributed by atoms with Crippen LogP contribution in [0.25, 0.3) is 6.08 Å². The standard InChI is InChI=1S/C31H40F2O/c1-3-5-22-6-11-24(12-7-22)26-16-18-27(19-17-26)25-13-8-23(9-14-25)10-15-28-20-21-29(34-4-2)31(33)30(28)32/h10,15-25H,3-9,11-14H2,1-2H3/b15-10+. The van der Waals surface area contributed by atoms with E-state index in [1.54, 1.807) is 19.1 Å². The molecule has 2 saturated carbocycles. The molecule has 0 N–H and O–H groups in total. The number of hydrogen-bond donors (Lipinski definition) is 0. The Labute approximate surface area is 204 Å². The van der Waals surface area contributed by atoms with Crippen molar-refractivity contribution in [3.63, 3.8) is 0 Å². The lowest BCUT2D eigenvalue weighted by Crippen LogP contribution is -2.14. The highest BCUT2D eigenvalue weighted by Gasteiger charge is 2.24. The molecule has 0 atom stereocenters. The van der Waals surface area contributed by atoms with Crippen LogP contribution < -0.4 is 4.74 Å². The molecule has 0 aromatic heterocycles. The van der Waals surface area contributed by atoms with Gasteiger partial charge in [-0.05, 0) is 105 Å². The molecular weight excluding hydrogens is 426 g/mol. The highest BCUT2D eigenvalue weighted by atomic mass is 19.2. The van der Waals surface area contributed by atoms with Gasteiger partial charge >= 0.3 is 0 Å². The number of rotatable bonds is 8. The van der Waals surface area contributed by atoms with Gasteiger partial charge < -0.3 is 4.74 Å². The summed E-state index contributed by atoms with van der Waals surface area (Å²) >= 11 is 0. The zero-order valence-corrected chi connectivity index (χ0v) is 20.9. The second-order valence-corrected chi connectivity index (χ2v) is 10.4. The summed E-state index contributed by atoms with van der Waals surface area (Å²) in [7, 11) is 0. The van der Waals surface area contributed by atoms with Crippen LogP contribution in [-0.2, 0) is 0 Å². The molecule has 2 aliphatic carbocycles. The average molecular weight is 467 g/mol. The van der Waals surface area contributed by atoms with Crippen molar-refractivity contribution < 1.29 is 13.5 Å². The van der Waals surface area contributed by atoms with Gasteiger partial charge in [-0.3, -0.25) is 0 Å². The van der Waals surface area contributed by atoms with Gasteiger partial charge in [0.25, 0.3) is 0 Å². The van der Waals surface area contributed by atoms with Crippen LogP contribution in [0.5, 0.6) is 5.75 Å². The van der Waals surface area contributed by atoms with Crippen molar-refractivity contribution in [2.75, 3.05) is 6.61 Å². The Morgan fingerprint density at radius 2 is 1.35 bits per heavy atom. The lowest BCUT2D eigenvalue weighted by Gasteiger charge is -2.30. The molecule has 0 bridgehead atoms. The molecule has 0 saturated heterocycles. The number of allylic oxidation sites excluding steroid dienone is 1. The number of benzene rings is 2. The van der Waals surface area contributed by atoms with Crippen LogP contribution in [-0.4, -0.2) is 6.61 Å². The Morgan fingerprint density at radius 3 is 1.91 bits per heavy atom. The third-order valence-electron chi connectivity index (χ3n) is 8.12. The topological polar surface area (TPSA) is 9.23 Å². The minimum atomic E-state index is -0.898. The first-order valence-electron chi connectivity index (χ1n) is 13.5. The van der Waals surface area contributed by atoms with Crippen LogP contribution in [0, 0.1) is 23.5 Å². The molecule has 3 heteroatoms. The van der Waals surface area contributed by atoms with Crippen molar-refractivity contribution in [2.45, 2.75) is 89.9 Å². The van der Waals surface area contributed by atoms with E-state index in [0.29, 0.717) is 24.0 Å². The Balaban J connectivity index is 1.28. The van der Waals surface area contributed by atoms with Gasteiger partial charge in [-0.2, -0.15) is 4.39 Å². The van der Waals surface area contributed by atoms with Gasteiger partial charge in [0.2, 0.25) is 5.82 Å². The molecule has 2 aromatic carbocycles. The van der Waals surface area contributed by atoms with Crippen molar-refractivity contribution in [3.05, 3.63) is 70.8 Å². The first-order valence-corrected chi connectivity index (χ1v) is 13.5. The molecule has 2 aliphatic rings. The molecule has 0 radical (unpaired) electrons. The lowest BCUT2D eigenvalue weighted by molar-refractivity contribution is 0.308. The molecule has 184 valence electrons. The van der Waals surface area contributed by atoms with Gasteiger partial charge in [0.1, 0.15) is 0 Å². The molecule has 34 heavy (non-hydrogen) atoms. The van der Waals surface area contributed by atoms with Crippen molar-refractivity contribution in [3.8, 4) is 5.75 Å².